The number of aryl methyl sites for hydroxylation is 1. The van der Waals surface area contributed by atoms with E-state index in [1.165, 1.54) is 17.3 Å². The Morgan fingerprint density at radius 3 is 2.92 bits per heavy atom. The van der Waals surface area contributed by atoms with Crippen LogP contribution >= 0.6 is 11.6 Å². The van der Waals surface area contributed by atoms with Crippen molar-refractivity contribution >= 4 is 23.5 Å². The smallest absolute Gasteiger partial charge is 0.272 e. The topological polar surface area (TPSA) is 67.4 Å². The van der Waals surface area contributed by atoms with Crippen molar-refractivity contribution in [2.45, 2.75) is 25.3 Å². The van der Waals surface area contributed by atoms with Gasteiger partial charge in [-0.2, -0.15) is 0 Å². The first kappa shape index (κ1) is 17.2. The number of amides is 1. The Hall–Kier alpha value is -2.18. The molecule has 1 aliphatic heterocycles. The van der Waals surface area contributed by atoms with E-state index in [9.17, 15) is 4.79 Å². The molecule has 1 amide bonds. The molecule has 1 saturated heterocycles. The van der Waals surface area contributed by atoms with E-state index in [2.05, 4.69) is 27.4 Å². The van der Waals surface area contributed by atoms with Crippen LogP contribution in [0.2, 0.25) is 5.02 Å². The summed E-state index contributed by atoms with van der Waals surface area (Å²) in [4.78, 5) is 23.6. The van der Waals surface area contributed by atoms with Crippen LogP contribution in [0.4, 0.5) is 5.95 Å². The number of benzene rings is 1. The Morgan fingerprint density at radius 1 is 1.27 bits per heavy atom. The van der Waals surface area contributed by atoms with Crippen LogP contribution in [0, 0.1) is 0 Å². The third kappa shape index (κ3) is 3.52. The van der Waals surface area contributed by atoms with Crippen molar-refractivity contribution in [3.63, 3.8) is 0 Å². The van der Waals surface area contributed by atoms with Gasteiger partial charge in [-0.05, 0) is 30.4 Å². The molecule has 1 aliphatic carbocycles. The summed E-state index contributed by atoms with van der Waals surface area (Å²) in [5, 5.41) is 3.37. The quantitative estimate of drug-likeness (QED) is 0.897. The number of aromatic nitrogens is 2. The van der Waals surface area contributed by atoms with Crippen LogP contribution in [0.15, 0.2) is 30.5 Å². The van der Waals surface area contributed by atoms with Gasteiger partial charge in [-0.3, -0.25) is 4.79 Å². The molecule has 1 fully saturated rings. The van der Waals surface area contributed by atoms with Gasteiger partial charge >= 0.3 is 0 Å². The normalized spacial score (nSPS) is 19.7. The molecule has 0 saturated carbocycles. The third-order valence-electron chi connectivity index (χ3n) is 4.92. The molecule has 4 rings (SSSR count). The van der Waals surface area contributed by atoms with Crippen molar-refractivity contribution in [2.24, 2.45) is 0 Å². The van der Waals surface area contributed by atoms with E-state index in [-0.39, 0.29) is 22.7 Å². The van der Waals surface area contributed by atoms with E-state index < -0.39 is 0 Å². The average molecular weight is 373 g/mol. The van der Waals surface area contributed by atoms with Crippen LogP contribution in [0.25, 0.3) is 0 Å². The van der Waals surface area contributed by atoms with Crippen molar-refractivity contribution in [3.8, 4) is 0 Å². The number of hydrogen-bond donors (Lipinski definition) is 1. The van der Waals surface area contributed by atoms with Gasteiger partial charge in [0.2, 0.25) is 5.95 Å². The highest BCUT2D eigenvalue weighted by atomic mass is 35.5. The molecule has 26 heavy (non-hydrogen) atoms. The Morgan fingerprint density at radius 2 is 2.08 bits per heavy atom. The molecule has 0 spiro atoms. The first-order chi connectivity index (χ1) is 12.7. The number of morpholine rings is 1. The van der Waals surface area contributed by atoms with Crippen LogP contribution in [0.1, 0.15) is 40.5 Å². The zero-order valence-electron chi connectivity index (χ0n) is 14.4. The minimum atomic E-state index is -0.256. The summed E-state index contributed by atoms with van der Waals surface area (Å²) in [5.74, 6) is 0.264. The molecule has 7 heteroatoms. The van der Waals surface area contributed by atoms with Crippen LogP contribution in [0.3, 0.4) is 0 Å². The van der Waals surface area contributed by atoms with Crippen LogP contribution in [-0.4, -0.2) is 42.2 Å². The van der Waals surface area contributed by atoms with Gasteiger partial charge in [0.05, 0.1) is 30.5 Å². The van der Waals surface area contributed by atoms with E-state index >= 15 is 0 Å². The average Bonchev–Trinajstić information content (AvgIpc) is 2.69. The summed E-state index contributed by atoms with van der Waals surface area (Å²) in [6.07, 6.45) is 4.53. The van der Waals surface area contributed by atoms with Crippen molar-refractivity contribution in [1.29, 1.82) is 0 Å². The Balaban J connectivity index is 1.55. The Bertz CT molecular complexity index is 808. The van der Waals surface area contributed by atoms with E-state index in [0.29, 0.717) is 32.3 Å². The number of rotatable bonds is 3. The summed E-state index contributed by atoms with van der Waals surface area (Å²) >= 11 is 6.22. The third-order valence-corrected chi connectivity index (χ3v) is 5.19. The number of fused-ring (bicyclic) bond motifs is 1. The molecule has 6 nitrogen and oxygen atoms in total. The lowest BCUT2D eigenvalue weighted by Gasteiger charge is -2.28. The molecule has 1 atom stereocenters. The predicted molar refractivity (Wildman–Crippen MR) is 99.7 cm³/mol. The molecule has 0 unspecified atom stereocenters. The monoisotopic (exact) mass is 372 g/mol. The van der Waals surface area contributed by atoms with E-state index in [0.717, 1.165) is 19.3 Å². The summed E-state index contributed by atoms with van der Waals surface area (Å²) in [6.45, 7) is 2.68. The highest BCUT2D eigenvalue weighted by Crippen LogP contribution is 2.30. The maximum Gasteiger partial charge on any atom is 0.272 e. The van der Waals surface area contributed by atoms with Crippen molar-refractivity contribution in [1.82, 2.24) is 15.3 Å². The molecule has 0 bridgehead atoms. The largest absolute Gasteiger partial charge is 0.378 e. The van der Waals surface area contributed by atoms with Crippen LogP contribution < -0.4 is 10.2 Å². The molecule has 2 heterocycles. The predicted octanol–water partition coefficient (Wildman–Crippen LogP) is 2.77. The number of nitrogens with one attached hydrogen (secondary N) is 1. The van der Waals surface area contributed by atoms with Crippen LogP contribution in [-0.2, 0) is 11.2 Å². The number of hydrogen-bond acceptors (Lipinski definition) is 5. The Labute approximate surface area is 157 Å². The molecule has 2 aliphatic rings. The first-order valence-electron chi connectivity index (χ1n) is 8.96. The molecule has 0 radical (unpaired) electrons. The fourth-order valence-corrected chi connectivity index (χ4v) is 3.74. The molecule has 136 valence electrons. The highest BCUT2D eigenvalue weighted by molar-refractivity contribution is 6.33. The minimum absolute atomic E-state index is 0.00896. The highest BCUT2D eigenvalue weighted by Gasteiger charge is 2.24. The molecular formula is C19H21ClN4O2. The number of ether oxygens (including phenoxy) is 1. The maximum absolute atomic E-state index is 12.8. The fourth-order valence-electron chi connectivity index (χ4n) is 3.56. The van der Waals surface area contributed by atoms with Crippen molar-refractivity contribution in [3.05, 3.63) is 52.3 Å². The minimum Gasteiger partial charge on any atom is -0.378 e. The first-order valence-corrected chi connectivity index (χ1v) is 9.34. The number of anilines is 1. The van der Waals surface area contributed by atoms with E-state index in [4.69, 9.17) is 16.3 Å². The second kappa shape index (κ2) is 7.60. The second-order valence-corrected chi connectivity index (χ2v) is 6.99. The SMILES string of the molecule is O=C(N[C@@H]1CCCc2ccccc21)c1nc(N2CCOCC2)ncc1Cl. The number of carbonyl (C=O) groups excluding carboxylic acids is 1. The van der Waals surface area contributed by atoms with Gasteiger partial charge in [-0.1, -0.05) is 35.9 Å². The van der Waals surface area contributed by atoms with Gasteiger partial charge < -0.3 is 15.0 Å². The zero-order chi connectivity index (χ0) is 17.9. The van der Waals surface area contributed by atoms with E-state index in [1.54, 1.807) is 0 Å². The van der Waals surface area contributed by atoms with Gasteiger partial charge in [0, 0.05) is 13.1 Å². The van der Waals surface area contributed by atoms with Gasteiger partial charge in [0.1, 0.15) is 0 Å². The van der Waals surface area contributed by atoms with Crippen molar-refractivity contribution in [2.75, 3.05) is 31.2 Å². The summed E-state index contributed by atoms with van der Waals surface area (Å²) in [7, 11) is 0. The molecule has 1 N–H and O–H groups in total. The molecule has 1 aromatic heterocycles. The maximum atomic E-state index is 12.8. The molecule has 1 aromatic carbocycles. The molecule has 2 aromatic rings. The summed E-state index contributed by atoms with van der Waals surface area (Å²) < 4.78 is 5.35. The summed E-state index contributed by atoms with van der Waals surface area (Å²) in [6, 6.07) is 8.25. The zero-order valence-corrected chi connectivity index (χ0v) is 15.2. The lowest BCUT2D eigenvalue weighted by atomic mass is 9.87. The fraction of sp³-hybridized carbons (Fsp3) is 0.421. The van der Waals surface area contributed by atoms with Crippen molar-refractivity contribution < 1.29 is 9.53 Å². The van der Waals surface area contributed by atoms with Gasteiger partial charge in [0.25, 0.3) is 5.91 Å². The Kier molecular flexibility index (Phi) is 5.04. The lowest BCUT2D eigenvalue weighted by Crippen LogP contribution is -2.38. The summed E-state index contributed by atoms with van der Waals surface area (Å²) in [5.41, 5.74) is 2.71. The second-order valence-electron chi connectivity index (χ2n) is 6.58. The van der Waals surface area contributed by atoms with Gasteiger partial charge in [0.15, 0.2) is 5.69 Å². The molecular weight excluding hydrogens is 352 g/mol. The van der Waals surface area contributed by atoms with Crippen LogP contribution in [0.5, 0.6) is 0 Å². The van der Waals surface area contributed by atoms with Gasteiger partial charge in [-0.15, -0.1) is 0 Å². The van der Waals surface area contributed by atoms with E-state index in [1.807, 2.05) is 17.0 Å². The lowest BCUT2D eigenvalue weighted by molar-refractivity contribution is 0.0927. The number of carbonyl (C=O) groups is 1. The number of halogens is 1. The standard InChI is InChI=1S/C19H21ClN4O2/c20-15-12-21-19(24-8-10-26-11-9-24)23-17(15)18(25)22-16-7-3-5-13-4-1-2-6-14(13)16/h1-2,4,6,12,16H,3,5,7-11H2,(H,22,25)/t16-/m1/s1. The number of nitrogens with zero attached hydrogens (tertiary/aromatic N) is 3. The van der Waals surface area contributed by atoms with Gasteiger partial charge in [-0.25, -0.2) is 9.97 Å².